The maximum atomic E-state index is 13.8. The van der Waals surface area contributed by atoms with Gasteiger partial charge in [-0.1, -0.05) is 67.4 Å². The van der Waals surface area contributed by atoms with Crippen LogP contribution in [-0.2, 0) is 32.3 Å². The lowest BCUT2D eigenvalue weighted by atomic mass is 10.1. The van der Waals surface area contributed by atoms with E-state index in [1.54, 1.807) is 49.4 Å². The smallest absolute Gasteiger partial charge is 0.354 e. The van der Waals surface area contributed by atoms with Gasteiger partial charge >= 0.3 is 6.18 Å². The number of aryl methyl sites for hydroxylation is 1. The van der Waals surface area contributed by atoms with E-state index in [4.69, 9.17) is 0 Å². The number of sulfonamides is 1. The molecule has 0 bridgehead atoms. The molecule has 3 aromatic rings. The first kappa shape index (κ1) is 31.7. The zero-order valence-electron chi connectivity index (χ0n) is 23.2. The Labute approximate surface area is 239 Å². The molecule has 11 heteroatoms. The molecule has 2 amide bonds. The van der Waals surface area contributed by atoms with Gasteiger partial charge in [0.1, 0.15) is 12.6 Å². The number of amides is 2. The van der Waals surface area contributed by atoms with Gasteiger partial charge < -0.3 is 10.2 Å². The van der Waals surface area contributed by atoms with Crippen LogP contribution in [0.5, 0.6) is 0 Å². The molecule has 0 aromatic heterocycles. The quantitative estimate of drug-likeness (QED) is 0.281. The molecule has 0 aliphatic rings. The van der Waals surface area contributed by atoms with Gasteiger partial charge in [0.25, 0.3) is 10.0 Å². The van der Waals surface area contributed by atoms with Crippen molar-refractivity contribution in [1.82, 2.24) is 10.2 Å². The van der Waals surface area contributed by atoms with E-state index in [1.807, 2.05) is 6.92 Å². The van der Waals surface area contributed by atoms with Crippen molar-refractivity contribution in [3.05, 3.63) is 95.6 Å². The highest BCUT2D eigenvalue weighted by atomic mass is 32.2. The number of hydrogen-bond acceptors (Lipinski definition) is 4. The highest BCUT2D eigenvalue weighted by Crippen LogP contribution is 2.33. The Bertz CT molecular complexity index is 1430. The Morgan fingerprint density at radius 1 is 0.951 bits per heavy atom. The largest absolute Gasteiger partial charge is 0.416 e. The van der Waals surface area contributed by atoms with Gasteiger partial charge in [0.05, 0.1) is 16.1 Å². The molecule has 3 rings (SSSR count). The van der Waals surface area contributed by atoms with E-state index in [0.29, 0.717) is 22.5 Å². The zero-order valence-corrected chi connectivity index (χ0v) is 24.0. The Morgan fingerprint density at radius 2 is 1.61 bits per heavy atom. The van der Waals surface area contributed by atoms with Crippen molar-refractivity contribution in [3.8, 4) is 0 Å². The molecular formula is C30H34F3N3O4S. The van der Waals surface area contributed by atoms with Crippen LogP contribution in [0.2, 0.25) is 0 Å². The van der Waals surface area contributed by atoms with Gasteiger partial charge in [0.2, 0.25) is 11.8 Å². The Hall–Kier alpha value is -3.86. The lowest BCUT2D eigenvalue weighted by Gasteiger charge is -2.32. The lowest BCUT2D eigenvalue weighted by Crippen LogP contribution is -2.51. The van der Waals surface area contributed by atoms with E-state index in [1.165, 1.54) is 30.0 Å². The van der Waals surface area contributed by atoms with Gasteiger partial charge in [-0.3, -0.25) is 13.9 Å². The number of rotatable bonds is 12. The van der Waals surface area contributed by atoms with E-state index < -0.39 is 46.2 Å². The minimum Gasteiger partial charge on any atom is -0.354 e. The first-order valence-electron chi connectivity index (χ1n) is 13.2. The molecular weight excluding hydrogens is 555 g/mol. The minimum atomic E-state index is -4.73. The van der Waals surface area contributed by atoms with Gasteiger partial charge in [-0.2, -0.15) is 13.2 Å². The number of nitrogens with one attached hydrogen (secondary N) is 1. The fraction of sp³-hybridized carbons (Fsp3) is 0.333. The molecule has 0 radical (unpaired) electrons. The number of alkyl halides is 3. The second-order valence-electron chi connectivity index (χ2n) is 9.70. The van der Waals surface area contributed by atoms with Gasteiger partial charge in [-0.15, -0.1) is 0 Å². The molecule has 0 aliphatic carbocycles. The Balaban J connectivity index is 2.05. The lowest BCUT2D eigenvalue weighted by molar-refractivity contribution is -0.139. The van der Waals surface area contributed by atoms with Gasteiger partial charge in [-0.25, -0.2) is 8.42 Å². The summed E-state index contributed by atoms with van der Waals surface area (Å²) < 4.78 is 68.9. The summed E-state index contributed by atoms with van der Waals surface area (Å²) in [6.07, 6.45) is -3.14. The molecule has 1 atom stereocenters. The summed E-state index contributed by atoms with van der Waals surface area (Å²) in [5.74, 6) is -1.17. The minimum absolute atomic E-state index is 0.0109. The molecule has 0 saturated heterocycles. The van der Waals surface area contributed by atoms with Crippen molar-refractivity contribution < 1.29 is 31.2 Å². The third kappa shape index (κ3) is 8.32. The summed E-state index contributed by atoms with van der Waals surface area (Å²) in [7, 11) is -4.48. The molecule has 3 aromatic carbocycles. The van der Waals surface area contributed by atoms with E-state index in [0.717, 1.165) is 30.5 Å². The van der Waals surface area contributed by atoms with Crippen molar-refractivity contribution in [2.75, 3.05) is 17.4 Å². The molecule has 0 saturated carbocycles. The van der Waals surface area contributed by atoms with Crippen LogP contribution in [0.15, 0.2) is 83.8 Å². The monoisotopic (exact) mass is 589 g/mol. The summed E-state index contributed by atoms with van der Waals surface area (Å²) in [5, 5.41) is 2.79. The summed E-state index contributed by atoms with van der Waals surface area (Å²) in [6, 6.07) is 17.5. The number of carbonyl (C=O) groups is 2. The number of benzene rings is 3. The highest BCUT2D eigenvalue weighted by molar-refractivity contribution is 7.92. The van der Waals surface area contributed by atoms with Crippen molar-refractivity contribution in [1.29, 1.82) is 0 Å². The maximum absolute atomic E-state index is 13.8. The molecule has 41 heavy (non-hydrogen) atoms. The predicted molar refractivity (Wildman–Crippen MR) is 152 cm³/mol. The first-order chi connectivity index (χ1) is 19.3. The fourth-order valence-corrected chi connectivity index (χ4v) is 5.51. The van der Waals surface area contributed by atoms with Crippen molar-refractivity contribution in [2.45, 2.75) is 57.3 Å². The third-order valence-corrected chi connectivity index (χ3v) is 8.33. The second kappa shape index (κ2) is 13.7. The van der Waals surface area contributed by atoms with Crippen LogP contribution in [0.1, 0.15) is 43.4 Å². The first-order valence-corrected chi connectivity index (χ1v) is 14.7. The van der Waals surface area contributed by atoms with Crippen LogP contribution in [0, 0.1) is 6.92 Å². The topological polar surface area (TPSA) is 86.8 Å². The predicted octanol–water partition coefficient (Wildman–Crippen LogP) is 5.54. The molecule has 220 valence electrons. The number of carbonyl (C=O) groups excluding carboxylic acids is 2. The summed E-state index contributed by atoms with van der Waals surface area (Å²) in [4.78, 5) is 27.8. The van der Waals surface area contributed by atoms with Crippen molar-refractivity contribution in [3.63, 3.8) is 0 Å². The Kier molecular flexibility index (Phi) is 10.6. The molecule has 1 N–H and O–H groups in total. The average Bonchev–Trinajstić information content (AvgIpc) is 2.94. The molecule has 0 unspecified atom stereocenters. The molecule has 0 aliphatic heterocycles. The molecule has 7 nitrogen and oxygen atoms in total. The van der Waals surface area contributed by atoms with Crippen molar-refractivity contribution >= 4 is 27.5 Å². The zero-order chi connectivity index (χ0) is 30.2. The molecule has 0 heterocycles. The van der Waals surface area contributed by atoms with Crippen LogP contribution in [0.25, 0.3) is 0 Å². The molecule has 0 spiro atoms. The number of hydrogen-bond donors (Lipinski definition) is 1. The third-order valence-electron chi connectivity index (χ3n) is 6.54. The summed E-state index contributed by atoms with van der Waals surface area (Å²) in [6.45, 7) is 4.84. The van der Waals surface area contributed by atoms with E-state index in [2.05, 4.69) is 5.32 Å². The van der Waals surface area contributed by atoms with Crippen LogP contribution in [0.3, 0.4) is 0 Å². The van der Waals surface area contributed by atoms with E-state index in [9.17, 15) is 31.2 Å². The number of anilines is 1. The Morgan fingerprint density at radius 3 is 2.22 bits per heavy atom. The van der Waals surface area contributed by atoms with Crippen molar-refractivity contribution in [2.24, 2.45) is 0 Å². The van der Waals surface area contributed by atoms with Crippen LogP contribution < -0.4 is 9.62 Å². The van der Waals surface area contributed by atoms with Gasteiger partial charge in [-0.05, 0) is 56.2 Å². The van der Waals surface area contributed by atoms with Gasteiger partial charge in [0, 0.05) is 13.1 Å². The summed E-state index contributed by atoms with van der Waals surface area (Å²) >= 11 is 0. The summed E-state index contributed by atoms with van der Waals surface area (Å²) in [5.41, 5.74) is 0.0912. The number of nitrogens with zero attached hydrogens (tertiary/aromatic N) is 2. The van der Waals surface area contributed by atoms with E-state index >= 15 is 0 Å². The van der Waals surface area contributed by atoms with Crippen LogP contribution in [0.4, 0.5) is 18.9 Å². The second-order valence-corrected chi connectivity index (χ2v) is 11.6. The SMILES string of the molecule is CCCCNC(=O)[C@H](C)N(Cc1ccccc1)C(=O)CN(c1cccc(C(F)(F)F)c1)S(=O)(=O)c1ccc(C)cc1. The van der Waals surface area contributed by atoms with Crippen LogP contribution in [-0.4, -0.2) is 44.3 Å². The highest BCUT2D eigenvalue weighted by Gasteiger charge is 2.35. The van der Waals surface area contributed by atoms with Gasteiger partial charge in [0.15, 0.2) is 0 Å². The van der Waals surface area contributed by atoms with Crippen LogP contribution >= 0.6 is 0 Å². The van der Waals surface area contributed by atoms with E-state index in [-0.39, 0.29) is 17.1 Å². The normalized spacial score (nSPS) is 12.4. The molecule has 0 fully saturated rings. The number of halogens is 3. The maximum Gasteiger partial charge on any atom is 0.416 e. The number of unbranched alkanes of at least 4 members (excludes halogenated alkanes) is 1. The standard InChI is InChI=1S/C30H34F3N3O4S/c1-4-5-18-34-29(38)23(3)35(20-24-10-7-6-8-11-24)28(37)21-36(26-13-9-12-25(19-26)30(31,32)33)41(39,40)27-16-14-22(2)15-17-27/h6-17,19,23H,4-5,18,20-21H2,1-3H3,(H,34,38)/t23-/m0/s1. The average molecular weight is 590 g/mol. The fourth-order valence-electron chi connectivity index (χ4n) is 4.10.